The smallest absolute Gasteiger partial charge is 0.339 e. The number of aromatic nitrogens is 4. The van der Waals surface area contributed by atoms with Crippen molar-refractivity contribution >= 4 is 28.6 Å². The zero-order chi connectivity index (χ0) is 28.2. The Bertz CT molecular complexity index is 1740. The average Bonchev–Trinajstić information content (AvgIpc) is 3.26. The van der Waals surface area contributed by atoms with Crippen LogP contribution in [0.2, 0.25) is 0 Å². The van der Waals surface area contributed by atoms with Crippen molar-refractivity contribution in [3.8, 4) is 22.9 Å². The number of carbonyl (C=O) groups is 1. The van der Waals surface area contributed by atoms with Crippen LogP contribution >= 0.6 is 0 Å². The van der Waals surface area contributed by atoms with Crippen LogP contribution in [0.15, 0.2) is 102 Å². The third-order valence-electron chi connectivity index (χ3n) is 6.16. The summed E-state index contributed by atoms with van der Waals surface area (Å²) in [6.45, 7) is 0.203. The summed E-state index contributed by atoms with van der Waals surface area (Å²) in [7, 11) is 3.11. The summed E-state index contributed by atoms with van der Waals surface area (Å²) in [5.74, 6) is 1.16. The number of nitrogen functional groups attached to an aromatic ring is 1. The van der Waals surface area contributed by atoms with Crippen LogP contribution in [0.3, 0.4) is 0 Å². The number of likely N-dealkylation sites (N-methyl/N-ethyl adjacent to an activating group) is 2. The Labute approximate surface area is 229 Å². The van der Waals surface area contributed by atoms with Gasteiger partial charge in [-0.1, -0.05) is 30.3 Å². The Morgan fingerprint density at radius 2 is 1.68 bits per heavy atom. The molecule has 40 heavy (non-hydrogen) atoms. The number of imidazole rings is 1. The van der Waals surface area contributed by atoms with Crippen molar-refractivity contribution in [1.29, 1.82) is 0 Å². The molecule has 3 aromatic carbocycles. The lowest BCUT2D eigenvalue weighted by atomic mass is 10.2. The van der Waals surface area contributed by atoms with Crippen LogP contribution < -0.4 is 21.1 Å². The number of hydroxylamine groups is 2. The van der Waals surface area contributed by atoms with E-state index in [4.69, 9.17) is 10.5 Å². The minimum Gasteiger partial charge on any atom is -0.457 e. The van der Waals surface area contributed by atoms with E-state index < -0.39 is 5.69 Å². The number of para-hydroxylation sites is 1. The van der Waals surface area contributed by atoms with Crippen molar-refractivity contribution in [3.05, 3.63) is 108 Å². The molecule has 0 unspecified atom stereocenters. The molecule has 2 aromatic heterocycles. The molecule has 0 aliphatic carbocycles. The van der Waals surface area contributed by atoms with Crippen LogP contribution in [0.4, 0.5) is 11.5 Å². The maximum Gasteiger partial charge on any atom is 0.339 e. The molecule has 0 spiro atoms. The molecule has 3 N–H and O–H groups in total. The van der Waals surface area contributed by atoms with Gasteiger partial charge in [-0.3, -0.25) is 9.36 Å². The van der Waals surface area contributed by atoms with Crippen LogP contribution in [0.25, 0.3) is 22.5 Å². The summed E-state index contributed by atoms with van der Waals surface area (Å²) in [5.41, 5.74) is 8.11. The molecule has 11 heteroatoms. The van der Waals surface area contributed by atoms with Gasteiger partial charge in [0.25, 0.3) is 0 Å². The second-order valence-electron chi connectivity index (χ2n) is 8.95. The van der Waals surface area contributed by atoms with Crippen LogP contribution in [0.1, 0.15) is 0 Å². The number of carbonyl (C=O) groups excluding carboxylic acids is 1. The van der Waals surface area contributed by atoms with Gasteiger partial charge in [0.15, 0.2) is 11.5 Å². The van der Waals surface area contributed by atoms with Crippen molar-refractivity contribution < 1.29 is 14.7 Å². The van der Waals surface area contributed by atoms with Crippen molar-refractivity contribution in [2.45, 2.75) is 0 Å². The SMILES string of the molecule is CN(O)C/C=C/C(=O)N(C)c1cccc(-n2c(=O)n(-c3ccc(Oc4ccccc4)cc3)c3c(N)ncnc32)c1. The lowest BCUT2D eigenvalue weighted by molar-refractivity contribution is -0.113. The van der Waals surface area contributed by atoms with Crippen molar-refractivity contribution in [3.63, 3.8) is 0 Å². The van der Waals surface area contributed by atoms with Gasteiger partial charge < -0.3 is 20.6 Å². The van der Waals surface area contributed by atoms with Crippen LogP contribution in [-0.2, 0) is 4.79 Å². The Kier molecular flexibility index (Phi) is 7.40. The molecule has 0 bridgehead atoms. The van der Waals surface area contributed by atoms with Gasteiger partial charge in [0.2, 0.25) is 5.91 Å². The lowest BCUT2D eigenvalue weighted by Crippen LogP contribution is -2.25. The van der Waals surface area contributed by atoms with E-state index in [1.165, 1.54) is 33.5 Å². The predicted octanol–water partition coefficient (Wildman–Crippen LogP) is 3.79. The molecule has 0 radical (unpaired) electrons. The van der Waals surface area contributed by atoms with Crippen LogP contribution in [0.5, 0.6) is 11.5 Å². The number of hydrogen-bond acceptors (Lipinski definition) is 8. The lowest BCUT2D eigenvalue weighted by Gasteiger charge is -2.16. The van der Waals surface area contributed by atoms with Crippen molar-refractivity contribution in [2.75, 3.05) is 31.3 Å². The molecule has 0 saturated carbocycles. The highest BCUT2D eigenvalue weighted by Crippen LogP contribution is 2.27. The summed E-state index contributed by atoms with van der Waals surface area (Å²) in [5, 5.41) is 10.2. The van der Waals surface area contributed by atoms with E-state index in [0.29, 0.717) is 39.7 Å². The molecular weight excluding hydrogens is 510 g/mol. The van der Waals surface area contributed by atoms with Gasteiger partial charge in [-0.15, -0.1) is 0 Å². The largest absolute Gasteiger partial charge is 0.457 e. The van der Waals surface area contributed by atoms with E-state index in [1.807, 2.05) is 30.3 Å². The third kappa shape index (κ3) is 5.32. The van der Waals surface area contributed by atoms with E-state index in [-0.39, 0.29) is 18.3 Å². The highest BCUT2D eigenvalue weighted by atomic mass is 16.5. The molecule has 5 aromatic rings. The molecule has 0 aliphatic heterocycles. The van der Waals surface area contributed by atoms with E-state index >= 15 is 0 Å². The fourth-order valence-electron chi connectivity index (χ4n) is 4.19. The Morgan fingerprint density at radius 3 is 2.40 bits per heavy atom. The number of benzene rings is 3. The van der Waals surface area contributed by atoms with Gasteiger partial charge in [0.1, 0.15) is 23.3 Å². The maximum absolute atomic E-state index is 13.9. The second-order valence-corrected chi connectivity index (χ2v) is 8.95. The highest BCUT2D eigenvalue weighted by Gasteiger charge is 2.21. The zero-order valence-electron chi connectivity index (χ0n) is 21.9. The summed E-state index contributed by atoms with van der Waals surface area (Å²) < 4.78 is 8.76. The molecule has 0 aliphatic rings. The van der Waals surface area contributed by atoms with Crippen LogP contribution in [0, 0.1) is 0 Å². The average molecular weight is 538 g/mol. The highest BCUT2D eigenvalue weighted by molar-refractivity contribution is 6.01. The normalized spacial score (nSPS) is 11.4. The quantitative estimate of drug-likeness (QED) is 0.226. The first-order valence-electron chi connectivity index (χ1n) is 12.4. The number of nitrogens with two attached hydrogens (primary N) is 1. The predicted molar refractivity (Wildman–Crippen MR) is 152 cm³/mol. The van der Waals surface area contributed by atoms with E-state index in [9.17, 15) is 14.8 Å². The summed E-state index contributed by atoms with van der Waals surface area (Å²) in [6, 6.07) is 23.4. The maximum atomic E-state index is 13.9. The van der Waals surface area contributed by atoms with Gasteiger partial charge in [-0.2, -0.15) is 5.06 Å². The Morgan fingerprint density at radius 1 is 0.950 bits per heavy atom. The zero-order valence-corrected chi connectivity index (χ0v) is 21.9. The first-order valence-corrected chi connectivity index (χ1v) is 12.4. The number of rotatable bonds is 8. The molecular formula is C29H27N7O4. The molecule has 5 rings (SSSR count). The number of hydrogen-bond donors (Lipinski definition) is 2. The molecule has 0 atom stereocenters. The number of fused-ring (bicyclic) bond motifs is 1. The molecule has 0 fully saturated rings. The standard InChI is InChI=1S/C29H27N7O4/c1-33(39)17-7-12-25(37)34(2)21-8-6-9-22(18-21)36-28-26(27(30)31-19-32-28)35(29(36)38)20-13-15-24(16-14-20)40-23-10-4-3-5-11-23/h3-16,18-19,39H,17H2,1-2H3,(H2,30,31,32)/b12-7+. The van der Waals surface area contributed by atoms with Crippen LogP contribution in [-0.4, -0.2) is 55.9 Å². The molecule has 2 heterocycles. The van der Waals surface area contributed by atoms with E-state index in [2.05, 4.69) is 9.97 Å². The van der Waals surface area contributed by atoms with Crippen molar-refractivity contribution in [2.24, 2.45) is 0 Å². The van der Waals surface area contributed by atoms with Gasteiger partial charge in [0, 0.05) is 32.4 Å². The van der Waals surface area contributed by atoms with Gasteiger partial charge in [-0.05, 0) is 54.6 Å². The number of ether oxygens (including phenoxy) is 1. The number of anilines is 2. The Hall–Kier alpha value is -5.26. The minimum absolute atomic E-state index is 0.146. The fourth-order valence-corrected chi connectivity index (χ4v) is 4.19. The molecule has 202 valence electrons. The molecule has 0 saturated heterocycles. The van der Waals surface area contributed by atoms with E-state index in [0.717, 1.165) is 5.06 Å². The summed E-state index contributed by atoms with van der Waals surface area (Å²) in [6.07, 6.45) is 4.23. The summed E-state index contributed by atoms with van der Waals surface area (Å²) >= 11 is 0. The van der Waals surface area contributed by atoms with Gasteiger partial charge in [-0.25, -0.2) is 19.3 Å². The van der Waals surface area contributed by atoms with Crippen molar-refractivity contribution in [1.82, 2.24) is 24.2 Å². The fraction of sp³-hybridized carbons (Fsp3) is 0.103. The number of nitrogens with zero attached hydrogens (tertiary/aromatic N) is 6. The Balaban J connectivity index is 1.54. The first-order chi connectivity index (χ1) is 19.3. The topological polar surface area (TPSA) is 132 Å². The van der Waals surface area contributed by atoms with E-state index in [1.54, 1.807) is 61.7 Å². The number of amides is 1. The van der Waals surface area contributed by atoms with Gasteiger partial charge >= 0.3 is 5.69 Å². The van der Waals surface area contributed by atoms with Gasteiger partial charge in [0.05, 0.1) is 11.4 Å². The molecule has 11 nitrogen and oxygen atoms in total. The first kappa shape index (κ1) is 26.4. The summed E-state index contributed by atoms with van der Waals surface area (Å²) in [4.78, 5) is 36.5. The second kappa shape index (κ2) is 11.2. The molecule has 1 amide bonds. The monoisotopic (exact) mass is 537 g/mol. The third-order valence-corrected chi connectivity index (χ3v) is 6.16. The minimum atomic E-state index is -0.407.